The number of ether oxygens (including phenoxy) is 1. The number of aliphatic hydroxyl groups is 1. The van der Waals surface area contributed by atoms with Crippen molar-refractivity contribution >= 4 is 17.6 Å². The maximum atomic E-state index is 13.2. The number of hydrogen-bond donors (Lipinski definition) is 2. The third-order valence-corrected chi connectivity index (χ3v) is 3.48. The second-order valence-electron chi connectivity index (χ2n) is 3.19. The number of nitrogens with two attached hydrogens (primary N) is 1. The van der Waals surface area contributed by atoms with Gasteiger partial charge >= 0.3 is 5.69 Å². The second kappa shape index (κ2) is 4.04. The molecule has 1 atom stereocenters. The molecule has 0 spiro atoms. The first-order chi connectivity index (χ1) is 7.59. The van der Waals surface area contributed by atoms with Gasteiger partial charge in [0.15, 0.2) is 11.6 Å². The van der Waals surface area contributed by atoms with E-state index in [1.165, 1.54) is 11.8 Å². The molecule has 0 aliphatic carbocycles. The molecule has 1 aliphatic rings. The third kappa shape index (κ3) is 1.68. The zero-order valence-electron chi connectivity index (χ0n) is 8.22. The van der Waals surface area contributed by atoms with Crippen molar-refractivity contribution in [3.63, 3.8) is 0 Å². The standard InChI is InChI=1S/C8H10FN3O3S/c9-5-3-12(7(14)11-6(5)10)8(4-13)15-1-2-16-8/h3,13H,1-2,4H2,(H2,10,11,14). The molecule has 1 saturated heterocycles. The number of anilines is 1. The highest BCUT2D eigenvalue weighted by Crippen LogP contribution is 2.36. The minimum Gasteiger partial charge on any atom is -0.390 e. The molecule has 0 amide bonds. The van der Waals surface area contributed by atoms with Gasteiger partial charge in [0.2, 0.25) is 5.06 Å². The van der Waals surface area contributed by atoms with Crippen LogP contribution in [0.15, 0.2) is 11.0 Å². The molecule has 0 saturated carbocycles. The first-order valence-electron chi connectivity index (χ1n) is 4.53. The minimum atomic E-state index is -1.28. The first-order valence-corrected chi connectivity index (χ1v) is 5.51. The molecule has 1 unspecified atom stereocenters. The summed E-state index contributed by atoms with van der Waals surface area (Å²) >= 11 is 1.21. The number of hydrogen-bond acceptors (Lipinski definition) is 6. The Hall–Kier alpha value is -1.12. The fraction of sp³-hybridized carbons (Fsp3) is 0.500. The highest BCUT2D eigenvalue weighted by atomic mass is 32.2. The molecule has 1 aromatic heterocycles. The van der Waals surface area contributed by atoms with Crippen molar-refractivity contribution in [2.24, 2.45) is 0 Å². The van der Waals surface area contributed by atoms with E-state index in [1.807, 2.05) is 0 Å². The van der Waals surface area contributed by atoms with Crippen molar-refractivity contribution in [1.82, 2.24) is 9.55 Å². The van der Waals surface area contributed by atoms with Crippen LogP contribution in [0.5, 0.6) is 0 Å². The van der Waals surface area contributed by atoms with E-state index in [9.17, 15) is 14.3 Å². The Balaban J connectivity index is 2.54. The lowest BCUT2D eigenvalue weighted by Gasteiger charge is -2.26. The van der Waals surface area contributed by atoms with E-state index >= 15 is 0 Å². The largest absolute Gasteiger partial charge is 0.390 e. The summed E-state index contributed by atoms with van der Waals surface area (Å²) in [6.45, 7) is -0.0632. The van der Waals surface area contributed by atoms with Crippen LogP contribution >= 0.6 is 11.8 Å². The molecule has 16 heavy (non-hydrogen) atoms. The Morgan fingerprint density at radius 1 is 1.81 bits per heavy atom. The SMILES string of the molecule is Nc1nc(=O)n(C2(CO)OCCS2)cc1F. The Morgan fingerprint density at radius 3 is 3.12 bits per heavy atom. The van der Waals surface area contributed by atoms with Crippen molar-refractivity contribution < 1.29 is 14.2 Å². The molecule has 88 valence electrons. The fourth-order valence-corrected chi connectivity index (χ4v) is 2.45. The van der Waals surface area contributed by atoms with Crippen molar-refractivity contribution in [2.45, 2.75) is 5.06 Å². The number of thioether (sulfide) groups is 1. The molecule has 3 N–H and O–H groups in total. The first kappa shape index (κ1) is 11.4. The minimum absolute atomic E-state index is 0.379. The van der Waals surface area contributed by atoms with Gasteiger partial charge in [-0.25, -0.2) is 9.18 Å². The molecule has 8 heteroatoms. The van der Waals surface area contributed by atoms with Crippen molar-refractivity contribution in [1.29, 1.82) is 0 Å². The van der Waals surface area contributed by atoms with Crippen molar-refractivity contribution in [2.75, 3.05) is 24.7 Å². The number of nitrogen functional groups attached to an aromatic ring is 1. The van der Waals surface area contributed by atoms with Crippen LogP contribution in [0.2, 0.25) is 0 Å². The van der Waals surface area contributed by atoms with Gasteiger partial charge in [-0.05, 0) is 0 Å². The molecule has 1 aromatic rings. The number of rotatable bonds is 2. The van der Waals surface area contributed by atoms with Gasteiger partial charge in [-0.2, -0.15) is 4.98 Å². The Morgan fingerprint density at radius 2 is 2.56 bits per heavy atom. The molecule has 2 heterocycles. The average molecular weight is 247 g/mol. The zero-order valence-corrected chi connectivity index (χ0v) is 9.04. The second-order valence-corrected chi connectivity index (χ2v) is 4.53. The number of aliphatic hydroxyl groups excluding tert-OH is 1. The van der Waals surface area contributed by atoms with E-state index in [-0.39, 0.29) is 0 Å². The van der Waals surface area contributed by atoms with Gasteiger partial charge in [0, 0.05) is 5.75 Å². The lowest BCUT2D eigenvalue weighted by atomic mass is 10.5. The topological polar surface area (TPSA) is 90.4 Å². The van der Waals surface area contributed by atoms with Gasteiger partial charge in [-0.1, -0.05) is 11.8 Å². The lowest BCUT2D eigenvalue weighted by Crippen LogP contribution is -2.42. The molecule has 1 aliphatic heterocycles. The predicted octanol–water partition coefficient (Wildman–Crippen LogP) is -0.669. The van der Waals surface area contributed by atoms with Gasteiger partial charge < -0.3 is 15.6 Å². The van der Waals surface area contributed by atoms with Crippen LogP contribution in [0.25, 0.3) is 0 Å². The molecule has 0 radical (unpaired) electrons. The summed E-state index contributed by atoms with van der Waals surface area (Å²) in [7, 11) is 0. The highest BCUT2D eigenvalue weighted by Gasteiger charge is 2.39. The number of halogens is 1. The third-order valence-electron chi connectivity index (χ3n) is 2.21. The monoisotopic (exact) mass is 247 g/mol. The van der Waals surface area contributed by atoms with E-state index < -0.39 is 29.0 Å². The van der Waals surface area contributed by atoms with Crippen LogP contribution in [0.4, 0.5) is 10.2 Å². The predicted molar refractivity (Wildman–Crippen MR) is 56.3 cm³/mol. The molecular formula is C8H10FN3O3S. The fourth-order valence-electron chi connectivity index (χ4n) is 1.44. The van der Waals surface area contributed by atoms with Crippen LogP contribution in [0.3, 0.4) is 0 Å². The Labute approximate surface area is 94.2 Å². The summed E-state index contributed by atoms with van der Waals surface area (Å²) in [5.74, 6) is -0.667. The summed E-state index contributed by atoms with van der Waals surface area (Å²) < 4.78 is 19.4. The highest BCUT2D eigenvalue weighted by molar-refractivity contribution is 8.00. The molecular weight excluding hydrogens is 237 g/mol. The van der Waals surface area contributed by atoms with Crippen LogP contribution < -0.4 is 11.4 Å². The molecule has 6 nitrogen and oxygen atoms in total. The van der Waals surface area contributed by atoms with Crippen LogP contribution in [-0.4, -0.2) is 33.6 Å². The molecule has 0 bridgehead atoms. The van der Waals surface area contributed by atoms with Gasteiger partial charge in [-0.15, -0.1) is 0 Å². The number of aromatic nitrogens is 2. The molecule has 1 fully saturated rings. The smallest absolute Gasteiger partial charge is 0.352 e. The van der Waals surface area contributed by atoms with Crippen LogP contribution in [0.1, 0.15) is 0 Å². The van der Waals surface area contributed by atoms with E-state index in [0.29, 0.717) is 12.4 Å². The average Bonchev–Trinajstić information content (AvgIpc) is 2.73. The summed E-state index contributed by atoms with van der Waals surface area (Å²) in [6.07, 6.45) is 0.902. The molecule has 0 aromatic carbocycles. The van der Waals surface area contributed by atoms with Gasteiger partial charge in [0.25, 0.3) is 0 Å². The van der Waals surface area contributed by atoms with Crippen LogP contribution in [0, 0.1) is 5.82 Å². The van der Waals surface area contributed by atoms with Crippen LogP contribution in [-0.2, 0) is 9.79 Å². The van der Waals surface area contributed by atoms with Gasteiger partial charge in [0.05, 0.1) is 12.8 Å². The summed E-state index contributed by atoms with van der Waals surface area (Å²) in [4.78, 5) is 14.9. The normalized spacial score (nSPS) is 24.9. The van der Waals surface area contributed by atoms with Crippen molar-refractivity contribution in [3.05, 3.63) is 22.5 Å². The summed E-state index contributed by atoms with van der Waals surface area (Å²) in [5.41, 5.74) is 4.42. The van der Waals surface area contributed by atoms with E-state index in [2.05, 4.69) is 4.98 Å². The summed E-state index contributed by atoms with van der Waals surface area (Å²) in [5, 5.41) is 7.99. The quantitative estimate of drug-likeness (QED) is 0.720. The van der Waals surface area contributed by atoms with Gasteiger partial charge in [-0.3, -0.25) is 4.57 Å². The maximum absolute atomic E-state index is 13.2. The van der Waals surface area contributed by atoms with E-state index in [0.717, 1.165) is 10.8 Å². The zero-order chi connectivity index (χ0) is 11.8. The summed E-state index contributed by atoms with van der Waals surface area (Å²) in [6, 6.07) is 0. The maximum Gasteiger partial charge on any atom is 0.352 e. The molecule has 2 rings (SSSR count). The van der Waals surface area contributed by atoms with Crippen molar-refractivity contribution in [3.8, 4) is 0 Å². The number of nitrogens with zero attached hydrogens (tertiary/aromatic N) is 2. The lowest BCUT2D eigenvalue weighted by molar-refractivity contribution is -0.0497. The Kier molecular flexibility index (Phi) is 2.87. The van der Waals surface area contributed by atoms with E-state index in [1.54, 1.807) is 0 Å². The van der Waals surface area contributed by atoms with Gasteiger partial charge in [0.1, 0.15) is 6.61 Å². The van der Waals surface area contributed by atoms with E-state index in [4.69, 9.17) is 10.5 Å². The Bertz CT molecular complexity index is 458.